The van der Waals surface area contributed by atoms with Crippen molar-refractivity contribution in [1.29, 1.82) is 0 Å². The van der Waals surface area contributed by atoms with Gasteiger partial charge < -0.3 is 4.98 Å². The normalized spacial score (nSPS) is 13.2. The molecule has 6 heteroatoms. The van der Waals surface area contributed by atoms with Crippen LogP contribution < -0.4 is 4.40 Å². The SMILES string of the molecule is Cc1cccc(C)c1-c1ccc2c(n1)sc1c(-c3cc(CC4CCCC4)ccn3)[c-]ccc12.[CH3][Ge]([CH3])([CH3])[c]1ccc(-c2[c-]cccc2)nc1.[Ir]. The minimum atomic E-state index is -1.72. The van der Waals surface area contributed by atoms with E-state index >= 15 is 0 Å². The van der Waals surface area contributed by atoms with Gasteiger partial charge in [0.25, 0.3) is 0 Å². The van der Waals surface area contributed by atoms with Gasteiger partial charge >= 0.3 is 99.8 Å². The minimum Gasteiger partial charge on any atom is 0 e. The molecule has 0 amide bonds. The fraction of sp³-hybridized carbons (Fsp3) is 0.250. The van der Waals surface area contributed by atoms with Crippen LogP contribution in [0.2, 0.25) is 17.3 Å². The number of nitrogens with zero attached hydrogens (tertiary/aromatic N) is 3. The number of pyridine rings is 3. The summed E-state index contributed by atoms with van der Waals surface area (Å²) in [5.74, 6) is 7.97. The predicted octanol–water partition coefficient (Wildman–Crippen LogP) is 11.4. The molecule has 0 spiro atoms. The van der Waals surface area contributed by atoms with Crippen LogP contribution in [-0.2, 0) is 26.5 Å². The molecule has 1 aliphatic carbocycles. The molecule has 255 valence electrons. The van der Waals surface area contributed by atoms with E-state index in [9.17, 15) is 0 Å². The summed E-state index contributed by atoms with van der Waals surface area (Å²) in [4.78, 5) is 15.5. The molecule has 8 rings (SSSR count). The van der Waals surface area contributed by atoms with E-state index in [1.807, 2.05) is 42.7 Å². The Morgan fingerprint density at radius 1 is 0.760 bits per heavy atom. The van der Waals surface area contributed by atoms with E-state index in [1.54, 1.807) is 11.3 Å². The number of thiophene rings is 1. The maximum atomic E-state index is 5.11. The molecule has 1 saturated carbocycles. The van der Waals surface area contributed by atoms with Gasteiger partial charge in [-0.15, -0.1) is 23.8 Å². The summed E-state index contributed by atoms with van der Waals surface area (Å²) in [7, 11) is 0. The van der Waals surface area contributed by atoms with Crippen LogP contribution in [0.25, 0.3) is 54.1 Å². The van der Waals surface area contributed by atoms with Crippen molar-refractivity contribution < 1.29 is 20.1 Å². The van der Waals surface area contributed by atoms with Crippen molar-refractivity contribution in [3.05, 3.63) is 132 Å². The number of benzene rings is 3. The molecule has 1 radical (unpaired) electrons. The van der Waals surface area contributed by atoms with Crippen LogP contribution in [0.5, 0.6) is 0 Å². The average Bonchev–Trinajstić information content (AvgIpc) is 3.76. The molecule has 7 aromatic rings. The third-order valence-corrected chi connectivity index (χ3v) is 15.1. The standard InChI is InChI=1S/C30H27N2S.C14H16GeN.Ir/c1-19-7-5-8-20(2)28(19)26-14-13-24-23-11-6-12-25(29(23)33-30(24)32-26)27-18-22(15-16-31-27)17-21-9-3-4-10-21;1-15(2,3)13-9-10-14(16-11-13)12-7-5-4-6-8-12;/h5-8,11,13-16,18,21H,3-4,9-10,17H2,1-2H3;4-7,9-11H,1-3H3;/q2*-1;. The summed E-state index contributed by atoms with van der Waals surface area (Å²) in [6.07, 6.45) is 10.7. The first-order valence-corrected chi connectivity index (χ1v) is 25.6. The number of hydrogen-bond donors (Lipinski definition) is 0. The van der Waals surface area contributed by atoms with E-state index in [2.05, 4.69) is 109 Å². The summed E-state index contributed by atoms with van der Waals surface area (Å²) in [5.41, 5.74) is 10.4. The third kappa shape index (κ3) is 8.02. The van der Waals surface area contributed by atoms with Gasteiger partial charge in [-0.25, -0.2) is 4.98 Å². The Labute approximate surface area is 317 Å². The monoisotopic (exact) mass is 912 g/mol. The Morgan fingerprint density at radius 3 is 2.24 bits per heavy atom. The van der Waals surface area contributed by atoms with Crippen LogP contribution >= 0.6 is 11.3 Å². The van der Waals surface area contributed by atoms with Crippen LogP contribution in [-0.4, -0.2) is 28.2 Å². The van der Waals surface area contributed by atoms with E-state index in [0.717, 1.165) is 39.0 Å². The molecule has 1 aliphatic rings. The minimum absolute atomic E-state index is 0. The average molecular weight is 911 g/mol. The summed E-state index contributed by atoms with van der Waals surface area (Å²) < 4.78 is 2.67. The molecule has 1 fully saturated rings. The zero-order valence-corrected chi connectivity index (χ0v) is 34.8. The molecule has 0 N–H and O–H groups in total. The quantitative estimate of drug-likeness (QED) is 0.123. The van der Waals surface area contributed by atoms with Gasteiger partial charge in [0.1, 0.15) is 4.83 Å². The van der Waals surface area contributed by atoms with Crippen LogP contribution in [0.1, 0.15) is 42.4 Å². The van der Waals surface area contributed by atoms with Gasteiger partial charge in [0.05, 0.1) is 5.69 Å². The molecule has 0 atom stereocenters. The van der Waals surface area contributed by atoms with Crippen LogP contribution in [0.3, 0.4) is 0 Å². The summed E-state index contributed by atoms with van der Waals surface area (Å²) >= 11 is 0.0442. The van der Waals surface area contributed by atoms with Crippen molar-refractivity contribution in [2.45, 2.75) is 63.2 Å². The maximum Gasteiger partial charge on any atom is 0 e. The Hall–Kier alpha value is -3.48. The summed E-state index contributed by atoms with van der Waals surface area (Å²) in [6, 6.07) is 38.5. The molecule has 0 saturated heterocycles. The van der Waals surface area contributed by atoms with Crippen molar-refractivity contribution >= 4 is 49.3 Å². The molecule has 4 heterocycles. The van der Waals surface area contributed by atoms with Gasteiger partial charge in [0, 0.05) is 31.9 Å². The Bertz CT molecular complexity index is 2200. The second kappa shape index (κ2) is 15.8. The molecule has 0 bridgehead atoms. The van der Waals surface area contributed by atoms with Gasteiger partial charge in [-0.3, -0.25) is 0 Å². The first-order valence-electron chi connectivity index (χ1n) is 17.4. The van der Waals surface area contributed by atoms with Crippen molar-refractivity contribution in [2.75, 3.05) is 0 Å². The molecule has 3 nitrogen and oxygen atoms in total. The van der Waals surface area contributed by atoms with E-state index in [-0.39, 0.29) is 20.1 Å². The molecular weight excluding hydrogens is 867 g/mol. The fourth-order valence-electron chi connectivity index (χ4n) is 7.01. The van der Waals surface area contributed by atoms with Crippen molar-refractivity contribution in [3.8, 4) is 33.8 Å². The second-order valence-electron chi connectivity index (χ2n) is 14.4. The van der Waals surface area contributed by atoms with Gasteiger partial charge in [-0.05, 0) is 65.2 Å². The first kappa shape index (κ1) is 36.3. The number of rotatable bonds is 6. The molecular formula is C44H43GeIrN3S-2. The van der Waals surface area contributed by atoms with Gasteiger partial charge in [0.15, 0.2) is 0 Å². The van der Waals surface area contributed by atoms with E-state index in [4.69, 9.17) is 9.97 Å². The molecule has 0 aliphatic heterocycles. The largest absolute Gasteiger partial charge is 0 e. The van der Waals surface area contributed by atoms with Crippen LogP contribution in [0.4, 0.5) is 0 Å². The summed E-state index contributed by atoms with van der Waals surface area (Å²) in [6.45, 7) is 4.33. The summed E-state index contributed by atoms with van der Waals surface area (Å²) in [5, 5.41) is 2.45. The number of aromatic nitrogens is 3. The first-order chi connectivity index (χ1) is 23.7. The van der Waals surface area contributed by atoms with Gasteiger partial charge in [-0.1, -0.05) is 67.0 Å². The van der Waals surface area contributed by atoms with Gasteiger partial charge in [-0.2, -0.15) is 11.3 Å². The number of fused-ring (bicyclic) bond motifs is 3. The molecule has 3 aromatic carbocycles. The van der Waals surface area contributed by atoms with E-state index in [0.29, 0.717) is 0 Å². The number of aryl methyl sites for hydroxylation is 2. The number of hydrogen-bond acceptors (Lipinski definition) is 4. The Morgan fingerprint density at radius 2 is 1.54 bits per heavy atom. The molecule has 4 aromatic heterocycles. The van der Waals surface area contributed by atoms with Gasteiger partial charge in [0.2, 0.25) is 0 Å². The van der Waals surface area contributed by atoms with Crippen molar-refractivity contribution in [1.82, 2.24) is 15.0 Å². The van der Waals surface area contributed by atoms with E-state index < -0.39 is 13.3 Å². The second-order valence-corrected chi connectivity index (χ2v) is 26.0. The van der Waals surface area contributed by atoms with Crippen LogP contribution in [0, 0.1) is 31.9 Å². The Kier molecular flexibility index (Phi) is 11.5. The van der Waals surface area contributed by atoms with Crippen LogP contribution in [0.15, 0.2) is 103 Å². The third-order valence-electron chi connectivity index (χ3n) is 9.73. The van der Waals surface area contributed by atoms with Crippen molar-refractivity contribution in [2.24, 2.45) is 5.92 Å². The fourth-order valence-corrected chi connectivity index (χ4v) is 10.4. The Balaban J connectivity index is 0.000000215. The maximum absolute atomic E-state index is 5.11. The topological polar surface area (TPSA) is 38.7 Å². The zero-order valence-electron chi connectivity index (χ0n) is 29.5. The molecule has 0 unspecified atom stereocenters. The van der Waals surface area contributed by atoms with E-state index in [1.165, 1.54) is 74.2 Å². The zero-order chi connectivity index (χ0) is 34.0. The predicted molar refractivity (Wildman–Crippen MR) is 211 cm³/mol. The smallest absolute Gasteiger partial charge is 0 e. The molecule has 50 heavy (non-hydrogen) atoms. The van der Waals surface area contributed by atoms with Crippen molar-refractivity contribution in [3.63, 3.8) is 0 Å².